The topological polar surface area (TPSA) is 79.4 Å². The van der Waals surface area contributed by atoms with Crippen LogP contribution in [0.4, 0.5) is 5.13 Å². The zero-order chi connectivity index (χ0) is 18.1. The summed E-state index contributed by atoms with van der Waals surface area (Å²) in [5.74, 6) is 0.141. The van der Waals surface area contributed by atoms with E-state index in [-0.39, 0.29) is 11.8 Å². The molecule has 0 unspecified atom stereocenters. The highest BCUT2D eigenvalue weighted by atomic mass is 32.2. The van der Waals surface area contributed by atoms with Gasteiger partial charge in [0, 0.05) is 29.2 Å². The minimum atomic E-state index is -3.50. The van der Waals surface area contributed by atoms with Crippen molar-refractivity contribution >= 4 is 38.5 Å². The molecular weight excluding hydrogens is 370 g/mol. The second-order valence-corrected chi connectivity index (χ2v) is 9.40. The van der Waals surface area contributed by atoms with E-state index in [0.717, 1.165) is 29.0 Å². The molecule has 0 bridgehead atoms. The number of benzene rings is 1. The van der Waals surface area contributed by atoms with Gasteiger partial charge in [0.2, 0.25) is 15.9 Å². The molecule has 1 aliphatic carbocycles. The molecule has 0 atom stereocenters. The van der Waals surface area contributed by atoms with Gasteiger partial charge in [0.15, 0.2) is 5.13 Å². The van der Waals surface area contributed by atoms with Crippen molar-refractivity contribution in [2.45, 2.75) is 25.8 Å². The molecule has 2 heterocycles. The lowest BCUT2D eigenvalue weighted by Gasteiger charge is -2.23. The van der Waals surface area contributed by atoms with Crippen LogP contribution < -0.4 is 5.32 Å². The molecule has 0 spiro atoms. The monoisotopic (exact) mass is 389 g/mol. The number of fused-ring (bicyclic) bond motifs is 1. The molecule has 1 aromatic carbocycles. The summed E-state index contributed by atoms with van der Waals surface area (Å²) in [6.07, 6.45) is 4.05. The highest BCUT2D eigenvalue weighted by Crippen LogP contribution is 2.33. The van der Waals surface area contributed by atoms with Crippen LogP contribution in [0.3, 0.4) is 0 Å². The lowest BCUT2D eigenvalue weighted by Crippen LogP contribution is -2.34. The average Bonchev–Trinajstić information content (AvgIpc) is 3.41. The van der Waals surface area contributed by atoms with Crippen LogP contribution >= 0.6 is 11.3 Å². The Morgan fingerprint density at radius 1 is 1.27 bits per heavy atom. The first kappa shape index (κ1) is 17.4. The van der Waals surface area contributed by atoms with Gasteiger partial charge in [-0.3, -0.25) is 4.79 Å². The molecule has 1 saturated carbocycles. The molecule has 2 aliphatic rings. The van der Waals surface area contributed by atoms with Crippen molar-refractivity contribution in [2.75, 3.05) is 11.9 Å². The maximum absolute atomic E-state index is 12.6. The molecule has 1 fully saturated rings. The van der Waals surface area contributed by atoms with Crippen LogP contribution in [0.25, 0.3) is 6.08 Å². The first-order chi connectivity index (χ1) is 12.5. The van der Waals surface area contributed by atoms with Crippen LogP contribution in [0.2, 0.25) is 0 Å². The molecular formula is C18H19N3O3S2. The van der Waals surface area contributed by atoms with Gasteiger partial charge in [-0.25, -0.2) is 13.4 Å². The first-order valence-electron chi connectivity index (χ1n) is 8.54. The quantitative estimate of drug-likeness (QED) is 0.853. The van der Waals surface area contributed by atoms with Crippen molar-refractivity contribution < 1.29 is 13.2 Å². The molecule has 0 saturated heterocycles. The molecule has 136 valence electrons. The number of thiazole rings is 1. The van der Waals surface area contributed by atoms with Crippen LogP contribution in [-0.4, -0.2) is 30.2 Å². The molecule has 1 aliphatic heterocycles. The summed E-state index contributed by atoms with van der Waals surface area (Å²) < 4.78 is 26.7. The number of sulfonamides is 1. The highest BCUT2D eigenvalue weighted by molar-refractivity contribution is 7.92. The number of hydrogen-bond acceptors (Lipinski definition) is 5. The van der Waals surface area contributed by atoms with Crippen LogP contribution in [-0.2, 0) is 27.8 Å². The van der Waals surface area contributed by atoms with Crippen molar-refractivity contribution in [3.8, 4) is 0 Å². The largest absolute Gasteiger partial charge is 0.302 e. The third-order valence-corrected chi connectivity index (χ3v) is 6.98. The van der Waals surface area contributed by atoms with E-state index in [1.807, 2.05) is 30.3 Å². The minimum Gasteiger partial charge on any atom is -0.302 e. The fourth-order valence-corrected chi connectivity index (χ4v) is 5.07. The normalized spacial score (nSPS) is 18.0. The van der Waals surface area contributed by atoms with Crippen molar-refractivity contribution in [2.24, 2.45) is 5.92 Å². The maximum atomic E-state index is 12.6. The number of anilines is 1. The van der Waals surface area contributed by atoms with E-state index < -0.39 is 10.0 Å². The highest BCUT2D eigenvalue weighted by Gasteiger charge is 2.31. The molecule has 26 heavy (non-hydrogen) atoms. The SMILES string of the molecule is O=C(Nc1nc2c(s1)CN(S(=O)(=O)/C=C/c1ccccc1)CC2)C1CC1. The molecule has 8 heteroatoms. The van der Waals surface area contributed by atoms with Crippen molar-refractivity contribution in [1.29, 1.82) is 0 Å². The average molecular weight is 390 g/mol. The molecule has 2 aromatic rings. The predicted octanol–water partition coefficient (Wildman–Crippen LogP) is 2.85. The van der Waals surface area contributed by atoms with Crippen LogP contribution in [0.15, 0.2) is 35.7 Å². The Morgan fingerprint density at radius 3 is 2.77 bits per heavy atom. The number of aromatic nitrogens is 1. The number of hydrogen-bond donors (Lipinski definition) is 1. The van der Waals surface area contributed by atoms with Gasteiger partial charge in [-0.2, -0.15) is 4.31 Å². The van der Waals surface area contributed by atoms with Crippen molar-refractivity contribution in [3.63, 3.8) is 0 Å². The summed E-state index contributed by atoms with van der Waals surface area (Å²) >= 11 is 1.37. The number of amides is 1. The van der Waals surface area contributed by atoms with Gasteiger partial charge in [0.25, 0.3) is 0 Å². The molecule has 1 N–H and O–H groups in total. The van der Waals surface area contributed by atoms with E-state index in [2.05, 4.69) is 10.3 Å². The lowest BCUT2D eigenvalue weighted by atomic mass is 10.2. The Hall–Kier alpha value is -2.03. The fourth-order valence-electron chi connectivity index (χ4n) is 2.81. The summed E-state index contributed by atoms with van der Waals surface area (Å²) in [7, 11) is -3.50. The molecule has 0 radical (unpaired) electrons. The van der Waals surface area contributed by atoms with Crippen LogP contribution in [0.1, 0.15) is 29.0 Å². The van der Waals surface area contributed by atoms with Crippen molar-refractivity contribution in [3.05, 3.63) is 51.9 Å². The smallest absolute Gasteiger partial charge is 0.236 e. The maximum Gasteiger partial charge on any atom is 0.236 e. The van der Waals surface area contributed by atoms with Gasteiger partial charge in [-0.1, -0.05) is 30.3 Å². The summed E-state index contributed by atoms with van der Waals surface area (Å²) in [6, 6.07) is 9.35. The summed E-state index contributed by atoms with van der Waals surface area (Å²) in [5, 5.41) is 4.68. The van der Waals surface area contributed by atoms with E-state index in [9.17, 15) is 13.2 Å². The number of nitrogens with one attached hydrogen (secondary N) is 1. The lowest BCUT2D eigenvalue weighted by molar-refractivity contribution is -0.117. The molecule has 1 aromatic heterocycles. The molecule has 1 amide bonds. The fraction of sp³-hybridized carbons (Fsp3) is 0.333. The van der Waals surface area contributed by atoms with Crippen LogP contribution in [0, 0.1) is 5.92 Å². The Labute approximate surface area is 156 Å². The Balaban J connectivity index is 1.46. The van der Waals surface area contributed by atoms with Gasteiger partial charge in [0.1, 0.15) is 0 Å². The van der Waals surface area contributed by atoms with Gasteiger partial charge in [-0.15, -0.1) is 11.3 Å². The van der Waals surface area contributed by atoms with Gasteiger partial charge in [0.05, 0.1) is 12.2 Å². The summed E-state index contributed by atoms with van der Waals surface area (Å²) in [4.78, 5) is 17.2. The van der Waals surface area contributed by atoms with Crippen molar-refractivity contribution in [1.82, 2.24) is 9.29 Å². The molecule has 6 nitrogen and oxygen atoms in total. The zero-order valence-corrected chi connectivity index (χ0v) is 15.7. The van der Waals surface area contributed by atoms with Crippen LogP contribution in [0.5, 0.6) is 0 Å². The van der Waals surface area contributed by atoms with E-state index in [0.29, 0.717) is 24.6 Å². The number of nitrogens with zero attached hydrogens (tertiary/aromatic N) is 2. The van der Waals surface area contributed by atoms with Gasteiger partial charge in [-0.05, 0) is 24.5 Å². The van der Waals surface area contributed by atoms with E-state index in [1.54, 1.807) is 6.08 Å². The second-order valence-electron chi connectivity index (χ2n) is 6.49. The van der Waals surface area contributed by atoms with E-state index in [1.165, 1.54) is 21.1 Å². The molecule has 4 rings (SSSR count). The number of carbonyl (C=O) groups is 1. The van der Waals surface area contributed by atoms with Gasteiger partial charge >= 0.3 is 0 Å². The third kappa shape index (κ3) is 3.87. The Kier molecular flexibility index (Phi) is 4.64. The van der Waals surface area contributed by atoms with E-state index in [4.69, 9.17) is 0 Å². The van der Waals surface area contributed by atoms with E-state index >= 15 is 0 Å². The number of rotatable bonds is 5. The Bertz CT molecular complexity index is 947. The first-order valence-corrected chi connectivity index (χ1v) is 10.9. The predicted molar refractivity (Wildman–Crippen MR) is 102 cm³/mol. The summed E-state index contributed by atoms with van der Waals surface area (Å²) in [6.45, 7) is 0.696. The van der Waals surface area contributed by atoms with Gasteiger partial charge < -0.3 is 5.32 Å². The third-order valence-electron chi connectivity index (χ3n) is 4.47. The standard InChI is InChI=1S/C18H19N3O3S2/c22-17(14-6-7-14)20-18-19-15-8-10-21(12-16(15)25-18)26(23,24)11-9-13-4-2-1-3-5-13/h1-5,9,11,14H,6-8,10,12H2,(H,19,20,22)/b11-9+. The summed E-state index contributed by atoms with van der Waals surface area (Å²) in [5.41, 5.74) is 1.73. The second kappa shape index (κ2) is 6.94. The zero-order valence-electron chi connectivity index (χ0n) is 14.1. The number of carbonyl (C=O) groups excluding carboxylic acids is 1. The Morgan fingerprint density at radius 2 is 2.04 bits per heavy atom. The minimum absolute atomic E-state index is 0.0198.